The van der Waals surface area contributed by atoms with Crippen molar-refractivity contribution in [2.24, 2.45) is 5.73 Å². The summed E-state index contributed by atoms with van der Waals surface area (Å²) in [6.45, 7) is 4.23. The maximum atomic E-state index is 12.7. The summed E-state index contributed by atoms with van der Waals surface area (Å²) in [5, 5.41) is 2.97. The Morgan fingerprint density at radius 3 is 3.06 bits per heavy atom. The third-order valence-corrected chi connectivity index (χ3v) is 4.99. The van der Waals surface area contributed by atoms with Crippen molar-refractivity contribution in [3.63, 3.8) is 0 Å². The standard InChI is InChI=1S/C22H27N7O3/c1-16-11-20(27-22(26-16)29-9-7-24-15-29)28(8-2-5-23)13-21(30)25-6-3-17-12-19-18(32-14-17)4-10-31-19/h4,7,9,11-12,14-15H,2-3,5-6,8,10,13,23H2,1H3,(H,25,30). The van der Waals surface area contributed by atoms with Crippen molar-refractivity contribution >= 4 is 11.7 Å². The van der Waals surface area contributed by atoms with Gasteiger partial charge in [-0.3, -0.25) is 9.36 Å². The number of aryl methyl sites for hydroxylation is 1. The highest BCUT2D eigenvalue weighted by atomic mass is 16.5. The molecule has 2 aliphatic rings. The molecule has 10 heteroatoms. The number of rotatable bonds is 10. The molecule has 4 rings (SSSR count). The first-order valence-electron chi connectivity index (χ1n) is 10.6. The zero-order chi connectivity index (χ0) is 22.3. The van der Waals surface area contributed by atoms with Crippen LogP contribution in [0.1, 0.15) is 18.5 Å². The van der Waals surface area contributed by atoms with E-state index >= 15 is 0 Å². The lowest BCUT2D eigenvalue weighted by Gasteiger charge is -2.24. The largest absolute Gasteiger partial charge is 0.485 e. The molecule has 0 saturated heterocycles. The Morgan fingerprint density at radius 1 is 1.34 bits per heavy atom. The van der Waals surface area contributed by atoms with E-state index < -0.39 is 0 Å². The lowest BCUT2D eigenvalue weighted by molar-refractivity contribution is -0.119. The summed E-state index contributed by atoms with van der Waals surface area (Å²) in [5.41, 5.74) is 7.48. The molecule has 4 heterocycles. The van der Waals surface area contributed by atoms with Gasteiger partial charge in [-0.15, -0.1) is 0 Å². The van der Waals surface area contributed by atoms with Gasteiger partial charge in [0.1, 0.15) is 18.8 Å². The van der Waals surface area contributed by atoms with Crippen molar-refractivity contribution in [3.8, 4) is 5.95 Å². The maximum Gasteiger partial charge on any atom is 0.239 e. The Bertz CT molecular complexity index is 1040. The maximum absolute atomic E-state index is 12.7. The van der Waals surface area contributed by atoms with Crippen LogP contribution >= 0.6 is 0 Å². The summed E-state index contributed by atoms with van der Waals surface area (Å²) in [6.07, 6.45) is 12.0. The molecular weight excluding hydrogens is 410 g/mol. The molecule has 0 aliphatic carbocycles. The summed E-state index contributed by atoms with van der Waals surface area (Å²) in [5.74, 6) is 2.59. The zero-order valence-electron chi connectivity index (χ0n) is 18.0. The topological polar surface area (TPSA) is 120 Å². The van der Waals surface area contributed by atoms with Gasteiger partial charge in [-0.25, -0.2) is 9.97 Å². The van der Waals surface area contributed by atoms with Crippen molar-refractivity contribution in [2.75, 3.05) is 37.7 Å². The van der Waals surface area contributed by atoms with Gasteiger partial charge in [0.15, 0.2) is 11.5 Å². The second kappa shape index (κ2) is 10.1. The predicted molar refractivity (Wildman–Crippen MR) is 119 cm³/mol. The molecular formula is C22H27N7O3. The Labute approximate surface area is 186 Å². The van der Waals surface area contributed by atoms with Crippen LogP contribution in [0.25, 0.3) is 5.95 Å². The predicted octanol–water partition coefficient (Wildman–Crippen LogP) is 1.34. The van der Waals surface area contributed by atoms with Gasteiger partial charge < -0.3 is 25.4 Å². The van der Waals surface area contributed by atoms with Gasteiger partial charge in [-0.2, -0.15) is 4.98 Å². The van der Waals surface area contributed by atoms with Crippen LogP contribution in [0.15, 0.2) is 60.3 Å². The van der Waals surface area contributed by atoms with Crippen molar-refractivity contribution < 1.29 is 14.3 Å². The number of imidazole rings is 1. The fraction of sp³-hybridized carbons (Fsp3) is 0.364. The first-order chi connectivity index (χ1) is 15.6. The molecule has 32 heavy (non-hydrogen) atoms. The van der Waals surface area contributed by atoms with Crippen LogP contribution in [0.3, 0.4) is 0 Å². The molecule has 0 saturated carbocycles. The second-order valence-electron chi connectivity index (χ2n) is 7.50. The number of fused-ring (bicyclic) bond motifs is 1. The minimum absolute atomic E-state index is 0.0925. The summed E-state index contributed by atoms with van der Waals surface area (Å²) >= 11 is 0. The molecule has 2 aromatic rings. The molecule has 2 aliphatic heterocycles. The lowest BCUT2D eigenvalue weighted by Crippen LogP contribution is -2.39. The first kappa shape index (κ1) is 21.6. The number of amides is 1. The van der Waals surface area contributed by atoms with Gasteiger partial charge in [0.2, 0.25) is 11.9 Å². The molecule has 168 valence electrons. The summed E-state index contributed by atoms with van der Waals surface area (Å²) < 4.78 is 12.8. The van der Waals surface area contributed by atoms with Crippen molar-refractivity contribution in [1.82, 2.24) is 24.8 Å². The van der Waals surface area contributed by atoms with E-state index in [2.05, 4.69) is 20.3 Å². The molecule has 0 atom stereocenters. The smallest absolute Gasteiger partial charge is 0.239 e. The summed E-state index contributed by atoms with van der Waals surface area (Å²) in [4.78, 5) is 27.7. The lowest BCUT2D eigenvalue weighted by atomic mass is 10.1. The van der Waals surface area contributed by atoms with E-state index in [1.165, 1.54) is 0 Å². The number of nitrogens with one attached hydrogen (secondary N) is 1. The number of carbonyl (C=O) groups is 1. The minimum Gasteiger partial charge on any atom is -0.485 e. The molecule has 3 N–H and O–H groups in total. The van der Waals surface area contributed by atoms with Gasteiger partial charge in [-0.1, -0.05) is 0 Å². The average molecular weight is 438 g/mol. The Balaban J connectivity index is 1.37. The number of nitrogens with two attached hydrogens (primary N) is 1. The monoisotopic (exact) mass is 437 g/mol. The average Bonchev–Trinajstić information content (AvgIpc) is 3.48. The van der Waals surface area contributed by atoms with Crippen LogP contribution in [0.5, 0.6) is 0 Å². The number of hydrogen-bond acceptors (Lipinski definition) is 8. The fourth-order valence-corrected chi connectivity index (χ4v) is 3.39. The highest BCUT2D eigenvalue weighted by Crippen LogP contribution is 2.27. The third kappa shape index (κ3) is 5.33. The van der Waals surface area contributed by atoms with E-state index in [0.717, 1.165) is 29.2 Å². The van der Waals surface area contributed by atoms with Crippen LogP contribution in [0.2, 0.25) is 0 Å². The van der Waals surface area contributed by atoms with Gasteiger partial charge >= 0.3 is 0 Å². The number of aromatic nitrogens is 4. The van der Waals surface area contributed by atoms with Crippen LogP contribution in [-0.2, 0) is 14.3 Å². The molecule has 1 amide bonds. The van der Waals surface area contributed by atoms with E-state index in [0.29, 0.717) is 44.4 Å². The quantitative estimate of drug-likeness (QED) is 0.571. The molecule has 0 aromatic carbocycles. The third-order valence-electron chi connectivity index (χ3n) is 4.99. The van der Waals surface area contributed by atoms with Gasteiger partial charge in [0.25, 0.3) is 0 Å². The van der Waals surface area contributed by atoms with E-state index in [4.69, 9.17) is 15.2 Å². The second-order valence-corrected chi connectivity index (χ2v) is 7.50. The van der Waals surface area contributed by atoms with Crippen LogP contribution in [0, 0.1) is 6.92 Å². The van der Waals surface area contributed by atoms with Gasteiger partial charge in [0.05, 0.1) is 12.8 Å². The number of anilines is 1. The molecule has 0 fully saturated rings. The van der Waals surface area contributed by atoms with Gasteiger partial charge in [0, 0.05) is 37.2 Å². The Morgan fingerprint density at radius 2 is 2.25 bits per heavy atom. The van der Waals surface area contributed by atoms with E-state index in [9.17, 15) is 4.79 Å². The van der Waals surface area contributed by atoms with Crippen LogP contribution < -0.4 is 16.0 Å². The van der Waals surface area contributed by atoms with Crippen LogP contribution in [0.4, 0.5) is 5.82 Å². The summed E-state index contributed by atoms with van der Waals surface area (Å²) in [6, 6.07) is 1.87. The number of allylic oxidation sites excluding steroid dienone is 1. The molecule has 0 bridgehead atoms. The summed E-state index contributed by atoms with van der Waals surface area (Å²) in [7, 11) is 0. The molecule has 2 aromatic heterocycles. The number of nitrogens with zero attached hydrogens (tertiary/aromatic N) is 5. The number of ether oxygens (including phenoxy) is 2. The highest BCUT2D eigenvalue weighted by Gasteiger charge is 2.19. The molecule has 0 radical (unpaired) electrons. The molecule has 0 unspecified atom stereocenters. The number of hydrogen-bond donors (Lipinski definition) is 2. The van der Waals surface area contributed by atoms with Crippen molar-refractivity contribution in [2.45, 2.75) is 19.8 Å². The first-order valence-corrected chi connectivity index (χ1v) is 10.6. The fourth-order valence-electron chi connectivity index (χ4n) is 3.39. The normalized spacial score (nSPS) is 14.5. The number of carbonyl (C=O) groups excluding carboxylic acids is 1. The van der Waals surface area contributed by atoms with Crippen molar-refractivity contribution in [1.29, 1.82) is 0 Å². The SMILES string of the molecule is Cc1cc(N(CCCN)CC(=O)NCCC2=COC3=CCOC3=C2)nc(-n2ccnc2)n1. The van der Waals surface area contributed by atoms with Crippen molar-refractivity contribution in [3.05, 3.63) is 66.0 Å². The Kier molecular flexibility index (Phi) is 6.81. The van der Waals surface area contributed by atoms with Gasteiger partial charge in [-0.05, 0) is 44.0 Å². The minimum atomic E-state index is -0.0925. The molecule has 10 nitrogen and oxygen atoms in total. The van der Waals surface area contributed by atoms with E-state index in [-0.39, 0.29) is 12.5 Å². The highest BCUT2D eigenvalue weighted by molar-refractivity contribution is 5.81. The Hall–Kier alpha value is -3.66. The van der Waals surface area contributed by atoms with E-state index in [1.54, 1.807) is 29.6 Å². The van der Waals surface area contributed by atoms with E-state index in [1.807, 2.05) is 30.0 Å². The molecule has 0 spiro atoms. The van der Waals surface area contributed by atoms with Crippen LogP contribution in [-0.4, -0.2) is 58.2 Å². The zero-order valence-corrected chi connectivity index (χ0v) is 18.0.